The third-order valence-corrected chi connectivity index (χ3v) is 4.79. The number of nitrogens with one attached hydrogen (secondary N) is 2. The average molecular weight is 309 g/mol. The monoisotopic (exact) mass is 309 g/mol. The molecule has 0 amide bonds. The molecule has 5 nitrogen and oxygen atoms in total. The molecule has 0 saturated heterocycles. The van der Waals surface area contributed by atoms with Crippen molar-refractivity contribution >= 4 is 15.7 Å². The van der Waals surface area contributed by atoms with Crippen molar-refractivity contribution in [3.05, 3.63) is 24.3 Å². The number of rotatable bonds is 8. The van der Waals surface area contributed by atoms with Gasteiger partial charge >= 0.3 is 0 Å². The lowest BCUT2D eigenvalue weighted by atomic mass is 9.88. The average Bonchev–Trinajstić information content (AvgIpc) is 2.43. The Hall–Kier alpha value is -1.58. The maximum Gasteiger partial charge on any atom is 0.242 e. The fourth-order valence-electron chi connectivity index (χ4n) is 1.93. The molecule has 1 aromatic carbocycles. The first kappa shape index (κ1) is 17.5. The van der Waals surface area contributed by atoms with Crippen LogP contribution >= 0.6 is 0 Å². The van der Waals surface area contributed by atoms with E-state index in [1.54, 1.807) is 31.2 Å². The summed E-state index contributed by atoms with van der Waals surface area (Å²) >= 11 is 0. The number of para-hydroxylation sites is 1. The predicted octanol–water partition coefficient (Wildman–Crippen LogP) is 2.73. The molecule has 1 aromatic rings. The van der Waals surface area contributed by atoms with Crippen LogP contribution in [0.25, 0.3) is 0 Å². The highest BCUT2D eigenvalue weighted by Gasteiger charge is 2.20. The molecule has 0 atom stereocenters. The van der Waals surface area contributed by atoms with Crippen LogP contribution in [0, 0.1) is 16.7 Å². The van der Waals surface area contributed by atoms with Gasteiger partial charge < -0.3 is 5.32 Å². The van der Waals surface area contributed by atoms with Crippen molar-refractivity contribution in [2.75, 3.05) is 18.4 Å². The Kier molecular flexibility index (Phi) is 6.19. The number of hydrogen-bond acceptors (Lipinski definition) is 4. The third-order valence-electron chi connectivity index (χ3n) is 3.18. The summed E-state index contributed by atoms with van der Waals surface area (Å²) in [6, 6.07) is 8.99. The number of hydrogen-bond donors (Lipinski definition) is 2. The van der Waals surface area contributed by atoms with Crippen LogP contribution in [0.15, 0.2) is 29.2 Å². The van der Waals surface area contributed by atoms with Crippen LogP contribution in [-0.2, 0) is 10.0 Å². The van der Waals surface area contributed by atoms with Crippen LogP contribution in [-0.4, -0.2) is 21.5 Å². The van der Waals surface area contributed by atoms with Crippen LogP contribution in [0.5, 0.6) is 0 Å². The Bertz CT molecular complexity index is 604. The molecule has 0 aliphatic rings. The van der Waals surface area contributed by atoms with Crippen molar-refractivity contribution in [2.45, 2.75) is 38.5 Å². The van der Waals surface area contributed by atoms with Crippen LogP contribution in [0.3, 0.4) is 0 Å². The Labute approximate surface area is 127 Å². The van der Waals surface area contributed by atoms with Crippen molar-refractivity contribution in [3.8, 4) is 6.07 Å². The van der Waals surface area contributed by atoms with Crippen molar-refractivity contribution in [1.82, 2.24) is 4.72 Å². The minimum Gasteiger partial charge on any atom is -0.383 e. The SMILES string of the molecule is CCNS(=O)(=O)c1ccccc1NCC(C)(C)CCC#N. The third kappa shape index (κ3) is 5.37. The lowest BCUT2D eigenvalue weighted by Gasteiger charge is -2.25. The molecule has 0 fully saturated rings. The maximum atomic E-state index is 12.2. The molecule has 0 aliphatic carbocycles. The predicted molar refractivity (Wildman–Crippen MR) is 84.4 cm³/mol. The molecule has 0 aliphatic heterocycles. The van der Waals surface area contributed by atoms with E-state index in [4.69, 9.17) is 5.26 Å². The molecule has 0 unspecified atom stereocenters. The molecular weight excluding hydrogens is 286 g/mol. The van der Waals surface area contributed by atoms with E-state index in [0.717, 1.165) is 6.42 Å². The first-order chi connectivity index (χ1) is 9.82. The van der Waals surface area contributed by atoms with Gasteiger partial charge in [-0.3, -0.25) is 0 Å². The van der Waals surface area contributed by atoms with Gasteiger partial charge in [0.1, 0.15) is 4.90 Å². The lowest BCUT2D eigenvalue weighted by molar-refractivity contribution is 0.363. The Morgan fingerprint density at radius 2 is 1.95 bits per heavy atom. The number of benzene rings is 1. The lowest BCUT2D eigenvalue weighted by Crippen LogP contribution is -2.26. The van der Waals surface area contributed by atoms with Gasteiger partial charge in [0.15, 0.2) is 0 Å². The van der Waals surface area contributed by atoms with Gasteiger partial charge in [0.25, 0.3) is 0 Å². The van der Waals surface area contributed by atoms with Crippen molar-refractivity contribution in [2.24, 2.45) is 5.41 Å². The molecule has 21 heavy (non-hydrogen) atoms. The standard InChI is InChI=1S/C15H23N3O2S/c1-4-18-21(19,20)14-9-6-5-8-13(14)17-12-15(2,3)10-7-11-16/h5-6,8-9,17-18H,4,7,10,12H2,1-3H3. The minimum absolute atomic E-state index is 0.0786. The molecule has 0 spiro atoms. The van der Waals surface area contributed by atoms with Crippen molar-refractivity contribution in [1.29, 1.82) is 5.26 Å². The first-order valence-corrected chi connectivity index (χ1v) is 8.50. The van der Waals surface area contributed by atoms with Gasteiger partial charge in [-0.2, -0.15) is 5.26 Å². The van der Waals surface area contributed by atoms with Gasteiger partial charge in [-0.15, -0.1) is 0 Å². The number of anilines is 1. The number of sulfonamides is 1. The summed E-state index contributed by atoms with van der Waals surface area (Å²) in [5, 5.41) is 11.9. The summed E-state index contributed by atoms with van der Waals surface area (Å²) in [5.74, 6) is 0. The molecule has 0 heterocycles. The van der Waals surface area contributed by atoms with Crippen LogP contribution in [0.2, 0.25) is 0 Å². The van der Waals surface area contributed by atoms with E-state index in [0.29, 0.717) is 25.2 Å². The molecule has 6 heteroatoms. The summed E-state index contributed by atoms with van der Waals surface area (Å²) < 4.78 is 26.8. The van der Waals surface area contributed by atoms with Gasteiger partial charge in [-0.25, -0.2) is 13.1 Å². The van der Waals surface area contributed by atoms with E-state index < -0.39 is 10.0 Å². The highest BCUT2D eigenvalue weighted by molar-refractivity contribution is 7.89. The van der Waals surface area contributed by atoms with E-state index in [9.17, 15) is 8.42 Å². The summed E-state index contributed by atoms with van der Waals surface area (Å²) in [7, 11) is -3.49. The minimum atomic E-state index is -3.49. The first-order valence-electron chi connectivity index (χ1n) is 7.02. The summed E-state index contributed by atoms with van der Waals surface area (Å²) in [4.78, 5) is 0.253. The second-order valence-electron chi connectivity index (χ2n) is 5.67. The summed E-state index contributed by atoms with van der Waals surface area (Å²) in [6.45, 7) is 6.81. The Morgan fingerprint density at radius 1 is 1.29 bits per heavy atom. The molecule has 116 valence electrons. The van der Waals surface area contributed by atoms with Crippen LogP contribution in [0.1, 0.15) is 33.6 Å². The Balaban J connectivity index is 2.88. The van der Waals surface area contributed by atoms with Gasteiger partial charge in [0, 0.05) is 19.5 Å². The quantitative estimate of drug-likeness (QED) is 0.773. The zero-order chi connectivity index (χ0) is 15.9. The van der Waals surface area contributed by atoms with E-state index in [1.165, 1.54) is 0 Å². The van der Waals surface area contributed by atoms with Crippen LogP contribution in [0.4, 0.5) is 5.69 Å². The zero-order valence-electron chi connectivity index (χ0n) is 12.8. The fourth-order valence-corrected chi connectivity index (χ4v) is 3.15. The van der Waals surface area contributed by atoms with E-state index >= 15 is 0 Å². The fraction of sp³-hybridized carbons (Fsp3) is 0.533. The van der Waals surface area contributed by atoms with Crippen molar-refractivity contribution < 1.29 is 8.42 Å². The molecule has 0 radical (unpaired) electrons. The highest BCUT2D eigenvalue weighted by atomic mass is 32.2. The topological polar surface area (TPSA) is 82.0 Å². The van der Waals surface area contributed by atoms with Gasteiger partial charge in [-0.1, -0.05) is 32.9 Å². The highest BCUT2D eigenvalue weighted by Crippen LogP contribution is 2.26. The van der Waals surface area contributed by atoms with E-state index in [-0.39, 0.29) is 10.3 Å². The molecular formula is C15H23N3O2S. The van der Waals surface area contributed by atoms with E-state index in [2.05, 4.69) is 30.0 Å². The maximum absolute atomic E-state index is 12.2. The number of nitrogens with zero attached hydrogens (tertiary/aromatic N) is 1. The zero-order valence-corrected chi connectivity index (χ0v) is 13.6. The molecule has 0 aromatic heterocycles. The second kappa shape index (κ2) is 7.43. The van der Waals surface area contributed by atoms with Gasteiger partial charge in [0.05, 0.1) is 11.8 Å². The smallest absolute Gasteiger partial charge is 0.242 e. The van der Waals surface area contributed by atoms with Crippen LogP contribution < -0.4 is 10.0 Å². The van der Waals surface area contributed by atoms with Crippen molar-refractivity contribution in [3.63, 3.8) is 0 Å². The normalized spacial score (nSPS) is 11.9. The summed E-state index contributed by atoms with van der Waals surface area (Å²) in [5.41, 5.74) is 0.508. The number of nitriles is 1. The van der Waals surface area contributed by atoms with E-state index in [1.807, 2.05) is 0 Å². The van der Waals surface area contributed by atoms with Gasteiger partial charge in [0.2, 0.25) is 10.0 Å². The molecule has 0 bridgehead atoms. The Morgan fingerprint density at radius 3 is 2.57 bits per heavy atom. The second-order valence-corrected chi connectivity index (χ2v) is 7.41. The van der Waals surface area contributed by atoms with Gasteiger partial charge in [-0.05, 0) is 24.0 Å². The molecule has 1 rings (SSSR count). The molecule has 2 N–H and O–H groups in total. The largest absolute Gasteiger partial charge is 0.383 e. The molecule has 0 saturated carbocycles. The summed E-state index contributed by atoms with van der Waals surface area (Å²) in [6.07, 6.45) is 1.25.